The van der Waals surface area contributed by atoms with Crippen molar-refractivity contribution in [1.82, 2.24) is 10.2 Å². The highest BCUT2D eigenvalue weighted by molar-refractivity contribution is 4.85. The lowest BCUT2D eigenvalue weighted by molar-refractivity contribution is -0.147. The van der Waals surface area contributed by atoms with Crippen LogP contribution in [-0.2, 0) is 0 Å². The highest BCUT2D eigenvalue weighted by Crippen LogP contribution is 2.30. The van der Waals surface area contributed by atoms with Gasteiger partial charge >= 0.3 is 6.18 Å². The van der Waals surface area contributed by atoms with Crippen molar-refractivity contribution in [2.75, 3.05) is 26.7 Å². The second-order valence-corrected chi connectivity index (χ2v) is 4.48. The molecule has 1 fully saturated rings. The van der Waals surface area contributed by atoms with Crippen molar-refractivity contribution in [3.8, 4) is 0 Å². The third kappa shape index (κ3) is 6.33. The Morgan fingerprint density at radius 1 is 1.19 bits per heavy atom. The molecule has 0 aromatic carbocycles. The number of alkyl halides is 3. The normalized spacial score (nSPS) is 17.1. The van der Waals surface area contributed by atoms with Crippen molar-refractivity contribution >= 4 is 0 Å². The van der Waals surface area contributed by atoms with Gasteiger partial charge in [0.05, 0.1) is 6.54 Å². The molecule has 0 heterocycles. The lowest BCUT2D eigenvalue weighted by Crippen LogP contribution is -2.36. The van der Waals surface area contributed by atoms with Crippen LogP contribution in [0.4, 0.5) is 13.2 Å². The van der Waals surface area contributed by atoms with E-state index in [9.17, 15) is 13.2 Å². The van der Waals surface area contributed by atoms with E-state index in [4.69, 9.17) is 0 Å². The zero-order valence-electron chi connectivity index (χ0n) is 9.82. The maximum Gasteiger partial charge on any atom is 0.401 e. The van der Waals surface area contributed by atoms with E-state index in [2.05, 4.69) is 5.32 Å². The van der Waals surface area contributed by atoms with Crippen LogP contribution >= 0.6 is 0 Å². The topological polar surface area (TPSA) is 15.3 Å². The van der Waals surface area contributed by atoms with E-state index in [0.717, 1.165) is 38.6 Å². The zero-order chi connectivity index (χ0) is 12.0. The fourth-order valence-corrected chi connectivity index (χ4v) is 1.85. The molecular formula is C11H21F3N2. The molecule has 2 nitrogen and oxygen atoms in total. The van der Waals surface area contributed by atoms with E-state index in [-0.39, 0.29) is 6.04 Å². The Labute approximate surface area is 95.2 Å². The van der Waals surface area contributed by atoms with Gasteiger partial charge in [0.15, 0.2) is 0 Å². The van der Waals surface area contributed by atoms with E-state index in [1.807, 2.05) is 7.05 Å². The van der Waals surface area contributed by atoms with Crippen molar-refractivity contribution in [3.05, 3.63) is 0 Å². The molecule has 0 atom stereocenters. The fraction of sp³-hybridized carbons (Fsp3) is 1.00. The molecule has 1 aliphatic rings. The summed E-state index contributed by atoms with van der Waals surface area (Å²) in [5, 5.41) is 3.04. The Morgan fingerprint density at radius 2 is 1.88 bits per heavy atom. The molecule has 0 spiro atoms. The molecule has 0 aliphatic heterocycles. The molecule has 0 saturated heterocycles. The van der Waals surface area contributed by atoms with Crippen LogP contribution in [0.25, 0.3) is 0 Å². The van der Waals surface area contributed by atoms with Crippen LogP contribution in [0.15, 0.2) is 0 Å². The second kappa shape index (κ2) is 6.45. The molecule has 0 radical (unpaired) electrons. The van der Waals surface area contributed by atoms with Gasteiger partial charge < -0.3 is 5.32 Å². The summed E-state index contributed by atoms with van der Waals surface area (Å²) in [5.41, 5.74) is 0. The smallest absolute Gasteiger partial charge is 0.320 e. The van der Waals surface area contributed by atoms with E-state index < -0.39 is 12.7 Å². The summed E-state index contributed by atoms with van der Waals surface area (Å²) >= 11 is 0. The van der Waals surface area contributed by atoms with Gasteiger partial charge in [0.25, 0.3) is 0 Å². The Bertz CT molecular complexity index is 190. The quantitative estimate of drug-likeness (QED) is 0.653. The molecule has 16 heavy (non-hydrogen) atoms. The van der Waals surface area contributed by atoms with Crippen molar-refractivity contribution in [1.29, 1.82) is 0 Å². The molecule has 0 aromatic heterocycles. The summed E-state index contributed by atoms with van der Waals surface area (Å²) in [5.74, 6) is 0. The van der Waals surface area contributed by atoms with E-state index in [0.29, 0.717) is 6.54 Å². The first-order valence-corrected chi connectivity index (χ1v) is 5.98. The largest absolute Gasteiger partial charge is 0.401 e. The monoisotopic (exact) mass is 238 g/mol. The minimum Gasteiger partial charge on any atom is -0.320 e. The predicted molar refractivity (Wildman–Crippen MR) is 58.4 cm³/mol. The van der Waals surface area contributed by atoms with Gasteiger partial charge in [-0.2, -0.15) is 13.2 Å². The number of unbranched alkanes of at least 4 members (excludes halogenated alkanes) is 2. The van der Waals surface area contributed by atoms with E-state index >= 15 is 0 Å². The molecule has 5 heteroatoms. The van der Waals surface area contributed by atoms with Gasteiger partial charge in [-0.1, -0.05) is 6.42 Å². The lowest BCUT2D eigenvalue weighted by Gasteiger charge is -2.23. The summed E-state index contributed by atoms with van der Waals surface area (Å²) in [6.07, 6.45) is 0.740. The van der Waals surface area contributed by atoms with Crippen molar-refractivity contribution < 1.29 is 13.2 Å². The summed E-state index contributed by atoms with van der Waals surface area (Å²) < 4.78 is 36.8. The van der Waals surface area contributed by atoms with Gasteiger partial charge in [0.1, 0.15) is 0 Å². The number of nitrogens with one attached hydrogen (secondary N) is 1. The Morgan fingerprint density at radius 3 is 2.38 bits per heavy atom. The molecule has 1 aliphatic carbocycles. The van der Waals surface area contributed by atoms with Gasteiger partial charge in [-0.3, -0.25) is 4.90 Å². The predicted octanol–water partition coefficient (Wildman–Crippen LogP) is 2.40. The third-order valence-electron chi connectivity index (χ3n) is 2.82. The van der Waals surface area contributed by atoms with Crippen LogP contribution in [-0.4, -0.2) is 43.8 Å². The van der Waals surface area contributed by atoms with Crippen LogP contribution in [0.3, 0.4) is 0 Å². The highest BCUT2D eigenvalue weighted by Gasteiger charge is 2.37. The maximum absolute atomic E-state index is 12.3. The van der Waals surface area contributed by atoms with Crippen LogP contribution in [0.1, 0.15) is 32.1 Å². The van der Waals surface area contributed by atoms with Gasteiger partial charge in [-0.05, 0) is 45.8 Å². The van der Waals surface area contributed by atoms with Crippen LogP contribution in [0.5, 0.6) is 0 Å². The van der Waals surface area contributed by atoms with Crippen molar-refractivity contribution in [2.45, 2.75) is 44.3 Å². The number of rotatable bonds is 8. The van der Waals surface area contributed by atoms with E-state index in [1.165, 1.54) is 0 Å². The minimum absolute atomic E-state index is 0.200. The molecule has 1 N–H and O–H groups in total. The van der Waals surface area contributed by atoms with Crippen molar-refractivity contribution in [2.24, 2.45) is 0 Å². The number of hydrogen-bond donors (Lipinski definition) is 1. The first-order chi connectivity index (χ1) is 7.53. The second-order valence-electron chi connectivity index (χ2n) is 4.48. The average molecular weight is 238 g/mol. The first-order valence-electron chi connectivity index (χ1n) is 5.98. The van der Waals surface area contributed by atoms with Crippen LogP contribution in [0, 0.1) is 0 Å². The van der Waals surface area contributed by atoms with E-state index in [1.54, 1.807) is 4.90 Å². The van der Waals surface area contributed by atoms with Gasteiger partial charge in [0, 0.05) is 6.04 Å². The lowest BCUT2D eigenvalue weighted by atomic mass is 10.2. The molecule has 0 bridgehead atoms. The van der Waals surface area contributed by atoms with Gasteiger partial charge in [-0.15, -0.1) is 0 Å². The number of halogens is 3. The Kier molecular flexibility index (Phi) is 5.55. The molecule has 0 aromatic rings. The summed E-state index contributed by atoms with van der Waals surface area (Å²) in [7, 11) is 1.89. The van der Waals surface area contributed by atoms with Gasteiger partial charge in [0.2, 0.25) is 0 Å². The Balaban J connectivity index is 2.13. The molecule has 0 amide bonds. The summed E-state index contributed by atoms with van der Waals surface area (Å²) in [6.45, 7) is 0.806. The Hall–Kier alpha value is -0.290. The number of hydrogen-bond acceptors (Lipinski definition) is 2. The standard InChI is InChI=1S/C11H21F3N2/c1-15-7-3-2-4-8-16(10-5-6-10)9-11(12,13)14/h10,15H,2-9H2,1H3. The van der Waals surface area contributed by atoms with Crippen molar-refractivity contribution in [3.63, 3.8) is 0 Å². The summed E-state index contributed by atoms with van der Waals surface area (Å²) in [4.78, 5) is 1.60. The summed E-state index contributed by atoms with van der Waals surface area (Å²) in [6, 6.07) is 0.200. The average Bonchev–Trinajstić information content (AvgIpc) is 2.97. The third-order valence-corrected chi connectivity index (χ3v) is 2.82. The maximum atomic E-state index is 12.3. The zero-order valence-corrected chi connectivity index (χ0v) is 9.82. The fourth-order valence-electron chi connectivity index (χ4n) is 1.85. The molecule has 96 valence electrons. The minimum atomic E-state index is -4.05. The molecule has 1 rings (SSSR count). The molecular weight excluding hydrogens is 217 g/mol. The van der Waals surface area contributed by atoms with Crippen LogP contribution in [0.2, 0.25) is 0 Å². The highest BCUT2D eigenvalue weighted by atomic mass is 19.4. The number of nitrogens with zero attached hydrogens (tertiary/aromatic N) is 1. The van der Waals surface area contributed by atoms with Gasteiger partial charge in [-0.25, -0.2) is 0 Å². The first kappa shape index (κ1) is 13.8. The SMILES string of the molecule is CNCCCCCN(CC(F)(F)F)C1CC1. The van der Waals surface area contributed by atoms with Crippen LogP contribution < -0.4 is 5.32 Å². The molecule has 0 unspecified atom stereocenters. The molecule has 1 saturated carbocycles.